The van der Waals surface area contributed by atoms with Crippen LogP contribution in [-0.2, 0) is 16.0 Å². The molecular formula is C25H32ClN3O5. The summed E-state index contributed by atoms with van der Waals surface area (Å²) in [6.45, 7) is 5.55. The molecule has 0 aliphatic rings. The Bertz CT molecular complexity index is 984. The third-order valence-electron chi connectivity index (χ3n) is 5.37. The second kappa shape index (κ2) is 13.0. The smallest absolute Gasteiger partial charge is 0.326 e. The van der Waals surface area contributed by atoms with Gasteiger partial charge in [0.2, 0.25) is 5.91 Å². The van der Waals surface area contributed by atoms with Gasteiger partial charge in [0, 0.05) is 17.5 Å². The molecule has 5 N–H and O–H groups in total. The average molecular weight is 490 g/mol. The third kappa shape index (κ3) is 8.04. The van der Waals surface area contributed by atoms with E-state index >= 15 is 0 Å². The topological polar surface area (TPSA) is 131 Å². The van der Waals surface area contributed by atoms with Crippen molar-refractivity contribution in [3.05, 3.63) is 64.7 Å². The Morgan fingerprint density at radius 1 is 1.09 bits per heavy atom. The van der Waals surface area contributed by atoms with Gasteiger partial charge in [-0.3, -0.25) is 9.59 Å². The van der Waals surface area contributed by atoms with Crippen LogP contribution in [0.4, 0.5) is 0 Å². The number of carboxylic acid groups (broad SMARTS) is 1. The van der Waals surface area contributed by atoms with Crippen LogP contribution in [0.1, 0.15) is 43.1 Å². The Labute approximate surface area is 204 Å². The Kier molecular flexibility index (Phi) is 10.3. The van der Waals surface area contributed by atoms with Gasteiger partial charge in [-0.1, -0.05) is 62.2 Å². The molecule has 9 heteroatoms. The lowest BCUT2D eigenvalue weighted by Crippen LogP contribution is -2.54. The normalized spacial score (nSPS) is 14.4. The summed E-state index contributed by atoms with van der Waals surface area (Å²) in [6, 6.07) is 11.4. The van der Waals surface area contributed by atoms with Crippen molar-refractivity contribution in [1.82, 2.24) is 10.6 Å². The van der Waals surface area contributed by atoms with E-state index in [0.29, 0.717) is 11.4 Å². The lowest BCUT2D eigenvalue weighted by molar-refractivity contribution is -0.143. The van der Waals surface area contributed by atoms with E-state index in [1.807, 2.05) is 37.3 Å². The minimum Gasteiger partial charge on any atom is -0.491 e. The predicted molar refractivity (Wildman–Crippen MR) is 131 cm³/mol. The molecule has 184 valence electrons. The summed E-state index contributed by atoms with van der Waals surface area (Å²) in [5.74, 6) is -2.31. The minimum atomic E-state index is -1.13. The molecule has 0 bridgehead atoms. The zero-order chi connectivity index (χ0) is 25.3. The summed E-state index contributed by atoms with van der Waals surface area (Å²) < 4.78 is 5.65. The van der Waals surface area contributed by atoms with Gasteiger partial charge in [-0.15, -0.1) is 0 Å². The SMILES string of the molecule is CC[C@H](C)[C@H](NC(=O)[C@H](Cc1ccccc1)NC(=O)c1cc(Cl)ccc1OC[C@@H](C)N)C(=O)O. The number of nitrogens with two attached hydrogens (primary N) is 1. The van der Waals surface area contributed by atoms with E-state index in [1.54, 1.807) is 26.0 Å². The van der Waals surface area contributed by atoms with Gasteiger partial charge in [0.1, 0.15) is 24.4 Å². The zero-order valence-electron chi connectivity index (χ0n) is 19.6. The van der Waals surface area contributed by atoms with Crippen molar-refractivity contribution in [2.45, 2.75) is 51.7 Å². The molecule has 0 saturated carbocycles. The van der Waals surface area contributed by atoms with Crippen LogP contribution < -0.4 is 21.1 Å². The van der Waals surface area contributed by atoms with E-state index in [4.69, 9.17) is 22.1 Å². The molecular weight excluding hydrogens is 458 g/mol. The highest BCUT2D eigenvalue weighted by Gasteiger charge is 2.30. The first kappa shape index (κ1) is 27.1. The quantitative estimate of drug-likeness (QED) is 0.362. The molecule has 0 aromatic heterocycles. The van der Waals surface area contributed by atoms with Crippen LogP contribution in [0, 0.1) is 5.92 Å². The number of aliphatic carboxylic acids is 1. The maximum absolute atomic E-state index is 13.2. The molecule has 0 heterocycles. The number of halogens is 1. The number of amides is 2. The van der Waals surface area contributed by atoms with Gasteiger partial charge in [0.05, 0.1) is 5.56 Å². The maximum atomic E-state index is 13.2. The van der Waals surface area contributed by atoms with E-state index in [1.165, 1.54) is 6.07 Å². The standard InChI is InChI=1S/C25H32ClN3O5/c1-4-15(2)22(25(32)33)29-24(31)20(12-17-8-6-5-7-9-17)28-23(30)19-13-18(26)10-11-21(19)34-14-16(3)27/h5-11,13,15-16,20,22H,4,12,14,27H2,1-3H3,(H,28,30)(H,29,31)(H,32,33)/t15-,16+,20-,22-/m0/s1. The highest BCUT2D eigenvalue weighted by atomic mass is 35.5. The monoisotopic (exact) mass is 489 g/mol. The Morgan fingerprint density at radius 3 is 2.35 bits per heavy atom. The van der Waals surface area contributed by atoms with Gasteiger partial charge >= 0.3 is 5.97 Å². The average Bonchev–Trinajstić information content (AvgIpc) is 2.80. The number of benzene rings is 2. The maximum Gasteiger partial charge on any atom is 0.326 e. The first-order valence-corrected chi connectivity index (χ1v) is 11.6. The predicted octanol–water partition coefficient (Wildman–Crippen LogP) is 3.02. The number of hydrogen-bond donors (Lipinski definition) is 4. The zero-order valence-corrected chi connectivity index (χ0v) is 20.3. The van der Waals surface area contributed by atoms with Gasteiger partial charge in [0.25, 0.3) is 5.91 Å². The summed E-state index contributed by atoms with van der Waals surface area (Å²) >= 11 is 6.10. The molecule has 8 nitrogen and oxygen atoms in total. The van der Waals surface area contributed by atoms with Crippen molar-refractivity contribution < 1.29 is 24.2 Å². The second-order valence-electron chi connectivity index (χ2n) is 8.35. The lowest BCUT2D eigenvalue weighted by atomic mass is 9.98. The number of hydrogen-bond acceptors (Lipinski definition) is 5. The van der Waals surface area contributed by atoms with Crippen LogP contribution in [0.25, 0.3) is 0 Å². The highest BCUT2D eigenvalue weighted by molar-refractivity contribution is 6.31. The van der Waals surface area contributed by atoms with E-state index < -0.39 is 29.9 Å². The Hall–Kier alpha value is -3.10. The largest absolute Gasteiger partial charge is 0.491 e. The summed E-state index contributed by atoms with van der Waals surface area (Å²) in [6.07, 6.45) is 0.734. The number of carbonyl (C=O) groups is 3. The Morgan fingerprint density at radius 2 is 1.76 bits per heavy atom. The van der Waals surface area contributed by atoms with Crippen molar-refractivity contribution in [2.24, 2.45) is 11.7 Å². The summed E-state index contributed by atoms with van der Waals surface area (Å²) in [4.78, 5) is 38.1. The fourth-order valence-corrected chi connectivity index (χ4v) is 3.43. The second-order valence-corrected chi connectivity index (χ2v) is 8.79. The van der Waals surface area contributed by atoms with Crippen molar-refractivity contribution >= 4 is 29.4 Å². The lowest BCUT2D eigenvalue weighted by Gasteiger charge is -2.25. The number of rotatable bonds is 12. The first-order chi connectivity index (χ1) is 16.1. The van der Waals surface area contributed by atoms with Crippen molar-refractivity contribution in [3.8, 4) is 5.75 Å². The molecule has 0 fully saturated rings. The molecule has 2 amide bonds. The molecule has 0 radical (unpaired) electrons. The molecule has 0 aliphatic carbocycles. The summed E-state index contributed by atoms with van der Waals surface area (Å²) in [7, 11) is 0. The molecule has 34 heavy (non-hydrogen) atoms. The first-order valence-electron chi connectivity index (χ1n) is 11.2. The number of ether oxygens (including phenoxy) is 1. The van der Waals surface area contributed by atoms with Crippen LogP contribution in [0.15, 0.2) is 48.5 Å². The van der Waals surface area contributed by atoms with Gasteiger partial charge in [-0.25, -0.2) is 4.79 Å². The van der Waals surface area contributed by atoms with Crippen LogP contribution in [0.3, 0.4) is 0 Å². The fraction of sp³-hybridized carbons (Fsp3) is 0.400. The van der Waals surface area contributed by atoms with E-state index in [0.717, 1.165) is 5.56 Å². The van der Waals surface area contributed by atoms with E-state index in [-0.39, 0.29) is 36.3 Å². The molecule has 2 rings (SSSR count). The molecule has 0 unspecified atom stereocenters. The summed E-state index contributed by atoms with van der Waals surface area (Å²) in [5.41, 5.74) is 6.71. The van der Waals surface area contributed by atoms with E-state index in [9.17, 15) is 19.5 Å². The number of nitrogens with one attached hydrogen (secondary N) is 2. The van der Waals surface area contributed by atoms with Crippen LogP contribution >= 0.6 is 11.6 Å². The van der Waals surface area contributed by atoms with Crippen LogP contribution in [0.5, 0.6) is 5.75 Å². The third-order valence-corrected chi connectivity index (χ3v) is 5.60. The highest BCUT2D eigenvalue weighted by Crippen LogP contribution is 2.23. The van der Waals surface area contributed by atoms with Crippen LogP contribution in [0.2, 0.25) is 5.02 Å². The molecule has 2 aromatic carbocycles. The van der Waals surface area contributed by atoms with E-state index in [2.05, 4.69) is 10.6 Å². The van der Waals surface area contributed by atoms with Gasteiger partial charge in [0.15, 0.2) is 0 Å². The molecule has 4 atom stereocenters. The molecule has 0 aliphatic heterocycles. The summed E-state index contributed by atoms with van der Waals surface area (Å²) in [5, 5.41) is 15.2. The van der Waals surface area contributed by atoms with Gasteiger partial charge in [-0.05, 0) is 36.6 Å². The van der Waals surface area contributed by atoms with Crippen molar-refractivity contribution in [1.29, 1.82) is 0 Å². The number of carbonyl (C=O) groups excluding carboxylic acids is 2. The van der Waals surface area contributed by atoms with Crippen molar-refractivity contribution in [3.63, 3.8) is 0 Å². The fourth-order valence-electron chi connectivity index (χ4n) is 3.26. The van der Waals surface area contributed by atoms with Gasteiger partial charge in [-0.2, -0.15) is 0 Å². The van der Waals surface area contributed by atoms with Gasteiger partial charge < -0.3 is 26.2 Å². The molecule has 0 spiro atoms. The Balaban J connectivity index is 2.31. The molecule has 0 saturated heterocycles. The minimum absolute atomic E-state index is 0.149. The molecule has 2 aromatic rings. The van der Waals surface area contributed by atoms with Crippen LogP contribution in [-0.4, -0.2) is 47.6 Å². The van der Waals surface area contributed by atoms with Crippen molar-refractivity contribution in [2.75, 3.05) is 6.61 Å². The number of carboxylic acids is 1.